The van der Waals surface area contributed by atoms with Gasteiger partial charge in [0, 0.05) is 13.2 Å². The van der Waals surface area contributed by atoms with Gasteiger partial charge >= 0.3 is 18.5 Å². The third-order valence-electron chi connectivity index (χ3n) is 4.59. The highest BCUT2D eigenvalue weighted by molar-refractivity contribution is 7.91. The first-order valence-corrected chi connectivity index (χ1v) is 10.9. The SMILES string of the molecule is CCS(=O)(=O)c1cc(C(F)(F)F)cnc1-c1nc2cc(C(F)(F)F)nc(OCC(F)(F)F)c2n1C. The number of pyridine rings is 2. The summed E-state index contributed by atoms with van der Waals surface area (Å²) < 4.78 is 147. The molecule has 0 spiro atoms. The number of imidazole rings is 1. The van der Waals surface area contributed by atoms with Crippen LogP contribution in [0.3, 0.4) is 0 Å². The summed E-state index contributed by atoms with van der Waals surface area (Å²) in [7, 11) is -3.31. The molecule has 0 amide bonds. The maximum absolute atomic E-state index is 13.2. The van der Waals surface area contributed by atoms with Crippen molar-refractivity contribution in [2.24, 2.45) is 7.05 Å². The van der Waals surface area contributed by atoms with Gasteiger partial charge in [0.2, 0.25) is 5.88 Å². The highest BCUT2D eigenvalue weighted by Gasteiger charge is 2.37. The van der Waals surface area contributed by atoms with E-state index in [4.69, 9.17) is 0 Å². The number of rotatable bonds is 5. The standard InChI is InChI=1S/C18H13F9N4O3S/c1-3-35(32,33)10-4-8(17(22,23)24)6-28-12(10)14-29-9-5-11(18(25,26)27)30-15(13(9)31(14)2)34-7-16(19,20)21/h4-6H,3,7H2,1-2H3. The van der Waals surface area contributed by atoms with Gasteiger partial charge in [0.1, 0.15) is 11.2 Å². The van der Waals surface area contributed by atoms with Crippen LogP contribution in [0.4, 0.5) is 39.5 Å². The molecule has 0 aliphatic carbocycles. The number of halogens is 9. The Morgan fingerprint density at radius 3 is 2.11 bits per heavy atom. The Bertz CT molecular complexity index is 1380. The third kappa shape index (κ3) is 5.43. The van der Waals surface area contributed by atoms with Gasteiger partial charge in [0.25, 0.3) is 0 Å². The molecule has 0 saturated carbocycles. The van der Waals surface area contributed by atoms with E-state index in [1.54, 1.807) is 0 Å². The average molecular weight is 536 g/mol. The topological polar surface area (TPSA) is 87.0 Å². The van der Waals surface area contributed by atoms with E-state index in [9.17, 15) is 47.9 Å². The van der Waals surface area contributed by atoms with E-state index in [0.29, 0.717) is 18.3 Å². The summed E-state index contributed by atoms with van der Waals surface area (Å²) >= 11 is 0. The first-order chi connectivity index (χ1) is 15.8. The van der Waals surface area contributed by atoms with E-state index in [-0.39, 0.29) is 0 Å². The minimum atomic E-state index is -5.12. The summed E-state index contributed by atoms with van der Waals surface area (Å²) in [6, 6.07) is 0.665. The highest BCUT2D eigenvalue weighted by atomic mass is 32.2. The molecule has 0 atom stereocenters. The summed E-state index contributed by atoms with van der Waals surface area (Å²) in [6.45, 7) is -0.873. The van der Waals surface area contributed by atoms with Crippen LogP contribution in [0.5, 0.6) is 5.88 Å². The molecule has 192 valence electrons. The summed E-state index contributed by atoms with van der Waals surface area (Å²) in [4.78, 5) is 9.50. The fourth-order valence-electron chi connectivity index (χ4n) is 2.97. The van der Waals surface area contributed by atoms with Gasteiger partial charge in [-0.15, -0.1) is 0 Å². The number of hydrogen-bond donors (Lipinski definition) is 0. The number of nitrogens with zero attached hydrogens (tertiary/aromatic N) is 4. The number of hydrogen-bond acceptors (Lipinski definition) is 6. The van der Waals surface area contributed by atoms with Crippen molar-refractivity contribution in [2.45, 2.75) is 30.3 Å². The van der Waals surface area contributed by atoms with Crippen LogP contribution >= 0.6 is 0 Å². The smallest absolute Gasteiger partial charge is 0.433 e. The fraction of sp³-hybridized carbons (Fsp3) is 0.389. The Hall–Kier alpha value is -3.11. The molecule has 0 N–H and O–H groups in total. The summed E-state index contributed by atoms with van der Waals surface area (Å²) in [5, 5.41) is 0. The molecular formula is C18H13F9N4O3S. The van der Waals surface area contributed by atoms with Crippen molar-refractivity contribution in [1.82, 2.24) is 19.5 Å². The van der Waals surface area contributed by atoms with E-state index in [2.05, 4.69) is 19.7 Å². The predicted octanol–water partition coefficient (Wildman–Crippen LogP) is 4.80. The van der Waals surface area contributed by atoms with Gasteiger partial charge in [-0.05, 0) is 12.1 Å². The molecule has 17 heteroatoms. The molecule has 0 radical (unpaired) electrons. The van der Waals surface area contributed by atoms with Crippen molar-refractivity contribution < 1.29 is 52.7 Å². The number of ether oxygens (including phenoxy) is 1. The van der Waals surface area contributed by atoms with Crippen molar-refractivity contribution in [1.29, 1.82) is 0 Å². The molecular weight excluding hydrogens is 523 g/mol. The fourth-order valence-corrected chi connectivity index (χ4v) is 4.02. The maximum atomic E-state index is 13.2. The Balaban J connectivity index is 2.34. The van der Waals surface area contributed by atoms with Gasteiger partial charge < -0.3 is 9.30 Å². The first-order valence-electron chi connectivity index (χ1n) is 9.29. The van der Waals surface area contributed by atoms with Crippen molar-refractivity contribution >= 4 is 20.9 Å². The van der Waals surface area contributed by atoms with Crippen LogP contribution in [-0.2, 0) is 29.2 Å². The Labute approximate surface area is 190 Å². The van der Waals surface area contributed by atoms with E-state index < -0.39 is 85.3 Å². The van der Waals surface area contributed by atoms with Crippen molar-refractivity contribution in [3.05, 3.63) is 29.6 Å². The third-order valence-corrected chi connectivity index (χ3v) is 6.33. The number of sulfone groups is 1. The molecule has 3 rings (SSSR count). The van der Waals surface area contributed by atoms with Crippen LogP contribution in [-0.4, -0.2) is 46.5 Å². The van der Waals surface area contributed by atoms with E-state index in [1.165, 1.54) is 0 Å². The second-order valence-electron chi connectivity index (χ2n) is 7.05. The lowest BCUT2D eigenvalue weighted by Gasteiger charge is -2.14. The van der Waals surface area contributed by atoms with Gasteiger partial charge in [0.05, 0.1) is 21.7 Å². The van der Waals surface area contributed by atoms with Gasteiger partial charge in [-0.2, -0.15) is 39.5 Å². The number of aromatic nitrogens is 4. The van der Waals surface area contributed by atoms with Gasteiger partial charge in [-0.3, -0.25) is 4.98 Å². The lowest BCUT2D eigenvalue weighted by molar-refractivity contribution is -0.154. The Morgan fingerprint density at radius 2 is 1.60 bits per heavy atom. The average Bonchev–Trinajstić information content (AvgIpc) is 3.06. The summed E-state index contributed by atoms with van der Waals surface area (Å²) in [5.74, 6) is -2.33. The lowest BCUT2D eigenvalue weighted by Crippen LogP contribution is -2.20. The normalized spacial score (nSPS) is 13.5. The van der Waals surface area contributed by atoms with Gasteiger partial charge in [-0.25, -0.2) is 18.4 Å². The predicted molar refractivity (Wildman–Crippen MR) is 101 cm³/mol. The van der Waals surface area contributed by atoms with E-state index in [1.807, 2.05) is 0 Å². The Morgan fingerprint density at radius 1 is 0.971 bits per heavy atom. The number of aryl methyl sites for hydroxylation is 1. The van der Waals surface area contributed by atoms with E-state index in [0.717, 1.165) is 18.5 Å². The summed E-state index contributed by atoms with van der Waals surface area (Å²) in [5.41, 5.74) is -4.84. The minimum Gasteiger partial charge on any atom is -0.466 e. The summed E-state index contributed by atoms with van der Waals surface area (Å²) in [6.07, 6.45) is -14.7. The molecule has 35 heavy (non-hydrogen) atoms. The van der Waals surface area contributed by atoms with Crippen molar-refractivity contribution in [2.75, 3.05) is 12.4 Å². The molecule has 0 aliphatic heterocycles. The van der Waals surface area contributed by atoms with Crippen LogP contribution in [0.1, 0.15) is 18.2 Å². The lowest BCUT2D eigenvalue weighted by atomic mass is 10.2. The second kappa shape index (κ2) is 8.53. The molecule has 3 aromatic rings. The van der Waals surface area contributed by atoms with Crippen LogP contribution < -0.4 is 4.74 Å². The van der Waals surface area contributed by atoms with Gasteiger partial charge in [-0.1, -0.05) is 6.92 Å². The molecule has 3 aromatic heterocycles. The monoisotopic (exact) mass is 536 g/mol. The molecule has 3 heterocycles. The molecule has 0 aromatic carbocycles. The molecule has 0 fully saturated rings. The van der Waals surface area contributed by atoms with Crippen LogP contribution in [0.25, 0.3) is 22.6 Å². The van der Waals surface area contributed by atoms with E-state index >= 15 is 0 Å². The van der Waals surface area contributed by atoms with Crippen LogP contribution in [0.15, 0.2) is 23.2 Å². The maximum Gasteiger partial charge on any atom is 0.433 e. The quantitative estimate of drug-likeness (QED) is 0.436. The Kier molecular flexibility index (Phi) is 6.45. The molecule has 0 bridgehead atoms. The first kappa shape index (κ1) is 26.5. The molecule has 7 nitrogen and oxygen atoms in total. The molecule has 0 aliphatic rings. The molecule has 0 unspecified atom stereocenters. The zero-order valence-corrected chi connectivity index (χ0v) is 18.3. The highest BCUT2D eigenvalue weighted by Crippen LogP contribution is 2.38. The van der Waals surface area contributed by atoms with Crippen molar-refractivity contribution in [3.63, 3.8) is 0 Å². The van der Waals surface area contributed by atoms with Crippen LogP contribution in [0, 0.1) is 0 Å². The van der Waals surface area contributed by atoms with Crippen molar-refractivity contribution in [3.8, 4) is 17.4 Å². The van der Waals surface area contributed by atoms with Gasteiger partial charge in [0.15, 0.2) is 28.0 Å². The second-order valence-corrected chi connectivity index (χ2v) is 9.30. The van der Waals surface area contributed by atoms with Crippen LogP contribution in [0.2, 0.25) is 0 Å². The largest absolute Gasteiger partial charge is 0.466 e. The zero-order valence-electron chi connectivity index (χ0n) is 17.5. The number of alkyl halides is 9. The zero-order chi connectivity index (χ0) is 26.6. The minimum absolute atomic E-state index is 0.293. The molecule has 0 saturated heterocycles. The number of fused-ring (bicyclic) bond motifs is 1.